The van der Waals surface area contributed by atoms with E-state index < -0.39 is 27.6 Å². The van der Waals surface area contributed by atoms with Gasteiger partial charge in [0.1, 0.15) is 12.4 Å². The summed E-state index contributed by atoms with van der Waals surface area (Å²) in [5, 5.41) is 10.2. The minimum Gasteiger partial charge on any atom is -0.489 e. The Morgan fingerprint density at radius 1 is 1.19 bits per heavy atom. The smallest absolute Gasteiger partial charge is 0.246 e. The highest BCUT2D eigenvalue weighted by molar-refractivity contribution is 7.91. The van der Waals surface area contributed by atoms with E-state index in [1.807, 2.05) is 51.1 Å². The van der Waals surface area contributed by atoms with Crippen molar-refractivity contribution in [3.05, 3.63) is 65.9 Å². The highest BCUT2D eigenvalue weighted by Gasteiger charge is 2.37. The van der Waals surface area contributed by atoms with Crippen LogP contribution >= 0.6 is 0 Å². The standard InChI is InChI=1S/C27H33N3O5S/c1-18(2)30-13-12-25(27(31)29-32)21(15-30)17-36(33,34)23-10-8-22(9-11-23)35-16-20-14-19(3)28-26-7-5-4-6-24(20)26/h4-11,14,18,21,25,32H,12-13,15-17H2,1-3H3,(H,29,31)/t21-,25+/m1/s1. The second-order valence-electron chi connectivity index (χ2n) is 9.70. The van der Waals surface area contributed by atoms with E-state index in [1.165, 1.54) is 0 Å². The summed E-state index contributed by atoms with van der Waals surface area (Å²) in [4.78, 5) is 19.1. The summed E-state index contributed by atoms with van der Waals surface area (Å²) in [6, 6.07) is 16.5. The average molecular weight is 512 g/mol. The zero-order valence-electron chi connectivity index (χ0n) is 20.8. The lowest BCUT2D eigenvalue weighted by atomic mass is 9.85. The van der Waals surface area contributed by atoms with Crippen LogP contribution in [0.2, 0.25) is 0 Å². The molecule has 2 atom stereocenters. The van der Waals surface area contributed by atoms with Crippen molar-refractivity contribution in [1.29, 1.82) is 0 Å². The Labute approximate surface area is 212 Å². The number of likely N-dealkylation sites (tertiary alicyclic amines) is 1. The molecule has 2 heterocycles. The molecular weight excluding hydrogens is 478 g/mol. The Kier molecular flexibility index (Phi) is 7.92. The van der Waals surface area contributed by atoms with Crippen molar-refractivity contribution in [2.45, 2.75) is 44.7 Å². The molecule has 0 radical (unpaired) electrons. The van der Waals surface area contributed by atoms with Crippen LogP contribution in [0.25, 0.3) is 10.9 Å². The second-order valence-corrected chi connectivity index (χ2v) is 11.7. The van der Waals surface area contributed by atoms with Crippen molar-refractivity contribution in [3.8, 4) is 5.75 Å². The van der Waals surface area contributed by atoms with E-state index in [1.54, 1.807) is 29.7 Å². The Balaban J connectivity index is 1.47. The molecule has 0 spiro atoms. The fourth-order valence-electron chi connectivity index (χ4n) is 4.92. The van der Waals surface area contributed by atoms with E-state index in [9.17, 15) is 13.2 Å². The number of hydrogen-bond acceptors (Lipinski definition) is 7. The third kappa shape index (κ3) is 5.86. The van der Waals surface area contributed by atoms with E-state index in [0.29, 0.717) is 31.9 Å². The molecule has 1 fully saturated rings. The van der Waals surface area contributed by atoms with Crippen molar-refractivity contribution in [1.82, 2.24) is 15.4 Å². The highest BCUT2D eigenvalue weighted by Crippen LogP contribution is 2.29. The number of para-hydroxylation sites is 1. The van der Waals surface area contributed by atoms with Gasteiger partial charge >= 0.3 is 0 Å². The van der Waals surface area contributed by atoms with Gasteiger partial charge in [0.2, 0.25) is 5.91 Å². The van der Waals surface area contributed by atoms with E-state index >= 15 is 0 Å². The Morgan fingerprint density at radius 3 is 2.61 bits per heavy atom. The summed E-state index contributed by atoms with van der Waals surface area (Å²) < 4.78 is 32.5. The average Bonchev–Trinajstić information content (AvgIpc) is 2.86. The minimum atomic E-state index is -3.65. The number of hydrogen-bond donors (Lipinski definition) is 2. The predicted octanol–water partition coefficient (Wildman–Crippen LogP) is 3.75. The zero-order chi connectivity index (χ0) is 25.9. The highest BCUT2D eigenvalue weighted by atomic mass is 32.2. The summed E-state index contributed by atoms with van der Waals surface area (Å²) in [5.41, 5.74) is 4.53. The van der Waals surface area contributed by atoms with Crippen LogP contribution in [0.5, 0.6) is 5.75 Å². The van der Waals surface area contributed by atoms with Gasteiger partial charge in [-0.1, -0.05) is 18.2 Å². The molecule has 0 aliphatic carbocycles. The molecule has 1 saturated heterocycles. The second kappa shape index (κ2) is 10.9. The lowest BCUT2D eigenvalue weighted by Gasteiger charge is -2.39. The first-order chi connectivity index (χ1) is 17.2. The van der Waals surface area contributed by atoms with E-state index in [4.69, 9.17) is 9.94 Å². The molecule has 2 aromatic carbocycles. The number of rotatable bonds is 8. The zero-order valence-corrected chi connectivity index (χ0v) is 21.7. The van der Waals surface area contributed by atoms with Crippen LogP contribution in [-0.2, 0) is 21.2 Å². The number of benzene rings is 2. The van der Waals surface area contributed by atoms with Crippen molar-refractivity contribution < 1.29 is 23.2 Å². The number of piperidine rings is 1. The molecule has 9 heteroatoms. The first kappa shape index (κ1) is 26.1. The number of nitrogens with zero attached hydrogens (tertiary/aromatic N) is 2. The van der Waals surface area contributed by atoms with Crippen LogP contribution in [0.3, 0.4) is 0 Å². The van der Waals surface area contributed by atoms with Crippen molar-refractivity contribution in [2.75, 3.05) is 18.8 Å². The fourth-order valence-corrected chi connectivity index (χ4v) is 6.57. The minimum absolute atomic E-state index is 0.170. The number of aromatic nitrogens is 1. The Morgan fingerprint density at radius 2 is 1.92 bits per heavy atom. The fraction of sp³-hybridized carbons (Fsp3) is 0.407. The van der Waals surface area contributed by atoms with Gasteiger partial charge in [-0.15, -0.1) is 0 Å². The van der Waals surface area contributed by atoms with Crippen LogP contribution in [-0.4, -0.2) is 54.3 Å². The third-order valence-corrected chi connectivity index (χ3v) is 8.74. The number of pyridine rings is 1. The molecule has 36 heavy (non-hydrogen) atoms. The largest absolute Gasteiger partial charge is 0.489 e. The van der Waals surface area contributed by atoms with Crippen molar-refractivity contribution >= 4 is 26.6 Å². The molecule has 2 N–H and O–H groups in total. The number of carbonyl (C=O) groups excluding carboxylic acids is 1. The quantitative estimate of drug-likeness (QED) is 0.350. The molecule has 0 saturated carbocycles. The number of nitrogens with one attached hydrogen (secondary N) is 1. The monoisotopic (exact) mass is 511 g/mol. The van der Waals surface area contributed by atoms with Gasteiger partial charge in [0.15, 0.2) is 9.84 Å². The van der Waals surface area contributed by atoms with Gasteiger partial charge in [-0.25, -0.2) is 13.9 Å². The summed E-state index contributed by atoms with van der Waals surface area (Å²) >= 11 is 0. The number of ether oxygens (including phenoxy) is 1. The van der Waals surface area contributed by atoms with E-state index in [2.05, 4.69) is 9.88 Å². The summed E-state index contributed by atoms with van der Waals surface area (Å²) in [7, 11) is -3.65. The lowest BCUT2D eigenvalue weighted by molar-refractivity contribution is -0.137. The molecule has 0 unspecified atom stereocenters. The molecule has 1 amide bonds. The topological polar surface area (TPSA) is 109 Å². The maximum absolute atomic E-state index is 13.2. The molecule has 1 aliphatic rings. The van der Waals surface area contributed by atoms with Crippen LogP contribution in [0.15, 0.2) is 59.5 Å². The molecule has 1 aromatic heterocycles. The number of amides is 1. The van der Waals surface area contributed by atoms with E-state index in [0.717, 1.165) is 22.2 Å². The molecule has 1 aliphatic heterocycles. The van der Waals surface area contributed by atoms with Crippen LogP contribution in [0, 0.1) is 18.8 Å². The predicted molar refractivity (Wildman–Crippen MR) is 138 cm³/mol. The summed E-state index contributed by atoms with van der Waals surface area (Å²) in [6.07, 6.45) is 0.501. The lowest BCUT2D eigenvalue weighted by Crippen LogP contribution is -2.50. The van der Waals surface area contributed by atoms with Gasteiger partial charge in [0, 0.05) is 35.1 Å². The molecule has 0 bridgehead atoms. The molecule has 8 nitrogen and oxygen atoms in total. The normalized spacial score (nSPS) is 18.9. The van der Waals surface area contributed by atoms with Gasteiger partial charge in [-0.05, 0) is 76.1 Å². The van der Waals surface area contributed by atoms with Gasteiger partial charge in [0.25, 0.3) is 0 Å². The maximum atomic E-state index is 13.2. The molecule has 4 rings (SSSR count). The van der Waals surface area contributed by atoms with Gasteiger partial charge in [-0.2, -0.15) is 0 Å². The molecule has 3 aromatic rings. The Bertz CT molecular complexity index is 1320. The SMILES string of the molecule is Cc1cc(COc2ccc(S(=O)(=O)C[C@H]3CN(C(C)C)CC[C@@H]3C(=O)NO)cc2)c2ccccc2n1. The van der Waals surface area contributed by atoms with Crippen molar-refractivity contribution in [2.24, 2.45) is 11.8 Å². The van der Waals surface area contributed by atoms with Gasteiger partial charge in [0.05, 0.1) is 16.2 Å². The Hall–Kier alpha value is -3.01. The summed E-state index contributed by atoms with van der Waals surface area (Å²) in [5.74, 6) is -1.11. The summed E-state index contributed by atoms with van der Waals surface area (Å²) in [6.45, 7) is 7.54. The first-order valence-electron chi connectivity index (χ1n) is 12.2. The number of hydroxylamine groups is 1. The molecule has 192 valence electrons. The number of fused-ring (bicyclic) bond motifs is 1. The van der Waals surface area contributed by atoms with Crippen molar-refractivity contribution in [3.63, 3.8) is 0 Å². The van der Waals surface area contributed by atoms with Crippen LogP contribution in [0.4, 0.5) is 0 Å². The molecular formula is C27H33N3O5S. The van der Waals surface area contributed by atoms with Gasteiger partial charge < -0.3 is 9.64 Å². The third-order valence-electron chi connectivity index (χ3n) is 6.88. The van der Waals surface area contributed by atoms with E-state index in [-0.39, 0.29) is 16.7 Å². The number of aryl methyl sites for hydroxylation is 1. The first-order valence-corrected chi connectivity index (χ1v) is 13.8. The van der Waals surface area contributed by atoms with Crippen LogP contribution in [0.1, 0.15) is 31.5 Å². The van der Waals surface area contributed by atoms with Gasteiger partial charge in [-0.3, -0.25) is 15.0 Å². The van der Waals surface area contributed by atoms with Crippen LogP contribution < -0.4 is 10.2 Å². The number of sulfone groups is 1. The number of carbonyl (C=O) groups is 1. The maximum Gasteiger partial charge on any atom is 0.246 e.